The van der Waals surface area contributed by atoms with Gasteiger partial charge in [-0.05, 0) is 70.4 Å². The Labute approximate surface area is 274 Å². The van der Waals surface area contributed by atoms with Crippen LogP contribution in [-0.4, -0.2) is 5.78 Å². The number of hydrogen-bond acceptors (Lipinski definition) is 2. The summed E-state index contributed by atoms with van der Waals surface area (Å²) in [5.74, 6) is -1.79. The first-order chi connectivity index (χ1) is 23.2. The molecule has 258 valence electrons. The molecule has 1 unspecified atom stereocenters. The maximum absolute atomic E-state index is 14.1. The molecule has 2 nitrogen and oxygen atoms in total. The number of hydrogen-bond donors (Lipinski definition) is 0. The molecule has 5 aromatic carbocycles. The average molecular weight is 711 g/mol. The molecule has 0 bridgehead atoms. The van der Waals surface area contributed by atoms with Gasteiger partial charge in [0.05, 0.1) is 22.3 Å². The highest BCUT2D eigenvalue weighted by molar-refractivity contribution is 6.07. The fourth-order valence-corrected chi connectivity index (χ4v) is 5.90. The summed E-state index contributed by atoms with van der Waals surface area (Å²) in [5.41, 5.74) is -12.1. The highest BCUT2D eigenvalue weighted by Crippen LogP contribution is 2.49. The number of rotatable bonds is 4. The van der Waals surface area contributed by atoms with Crippen molar-refractivity contribution in [2.45, 2.75) is 30.3 Å². The lowest BCUT2D eigenvalue weighted by molar-refractivity contribution is -0.145. The number of fused-ring (bicyclic) bond motifs is 2. The van der Waals surface area contributed by atoms with Crippen LogP contribution in [0.1, 0.15) is 38.9 Å². The summed E-state index contributed by atoms with van der Waals surface area (Å²) in [6.07, 6.45) is -19.2. The number of alkyl halides is 12. The smallest absolute Gasteiger partial charge is 0.416 e. The van der Waals surface area contributed by atoms with E-state index in [0.717, 1.165) is 12.1 Å². The van der Waals surface area contributed by atoms with E-state index in [1.807, 2.05) is 0 Å². The van der Waals surface area contributed by atoms with Crippen molar-refractivity contribution in [1.29, 1.82) is 0 Å². The van der Waals surface area contributed by atoms with Gasteiger partial charge in [0, 0.05) is 16.7 Å². The average Bonchev–Trinajstić information content (AvgIpc) is 3.04. The van der Waals surface area contributed by atoms with Crippen molar-refractivity contribution < 1.29 is 62.2 Å². The number of benzene rings is 5. The van der Waals surface area contributed by atoms with Crippen LogP contribution < -0.4 is 4.74 Å². The second kappa shape index (κ2) is 11.7. The SMILES string of the molecule is O=C1C=Cc2ccccc2C1(Oc1ccc2ccccc2c1-c1cc(C(F)(F)F)cc(C(F)(F)F)c1)c1cc(C(F)(F)F)cc(C(F)(F)F)c1. The van der Waals surface area contributed by atoms with Gasteiger partial charge in [-0.25, -0.2) is 0 Å². The maximum atomic E-state index is 14.1. The molecule has 0 aromatic heterocycles. The molecule has 0 saturated heterocycles. The Morgan fingerprint density at radius 2 is 1.02 bits per heavy atom. The summed E-state index contributed by atoms with van der Waals surface area (Å²) in [4.78, 5) is 14.0. The van der Waals surface area contributed by atoms with E-state index in [9.17, 15) is 57.5 Å². The van der Waals surface area contributed by atoms with E-state index in [-0.39, 0.29) is 46.2 Å². The lowest BCUT2D eigenvalue weighted by Gasteiger charge is -2.37. The van der Waals surface area contributed by atoms with Gasteiger partial charge >= 0.3 is 24.7 Å². The zero-order valence-electron chi connectivity index (χ0n) is 24.7. The maximum Gasteiger partial charge on any atom is 0.416 e. The van der Waals surface area contributed by atoms with Crippen molar-refractivity contribution in [3.8, 4) is 16.9 Å². The van der Waals surface area contributed by atoms with Crippen LogP contribution in [-0.2, 0) is 35.1 Å². The number of carbonyl (C=O) groups is 1. The van der Waals surface area contributed by atoms with E-state index in [1.165, 1.54) is 60.7 Å². The van der Waals surface area contributed by atoms with Crippen LogP contribution in [0.15, 0.2) is 103 Å². The topological polar surface area (TPSA) is 26.3 Å². The minimum absolute atomic E-state index is 0.000271. The van der Waals surface area contributed by atoms with Gasteiger partial charge in [-0.15, -0.1) is 0 Å². The molecule has 1 aliphatic carbocycles. The molecule has 6 rings (SSSR count). The van der Waals surface area contributed by atoms with Crippen LogP contribution in [0.4, 0.5) is 52.7 Å². The van der Waals surface area contributed by atoms with Crippen molar-refractivity contribution in [2.24, 2.45) is 0 Å². The van der Waals surface area contributed by atoms with Crippen molar-refractivity contribution in [3.63, 3.8) is 0 Å². The normalized spacial score (nSPS) is 16.8. The Kier molecular flexibility index (Phi) is 8.07. The van der Waals surface area contributed by atoms with E-state index in [1.54, 1.807) is 0 Å². The summed E-state index contributed by atoms with van der Waals surface area (Å²) in [6.45, 7) is 0. The zero-order chi connectivity index (χ0) is 36.4. The van der Waals surface area contributed by atoms with E-state index in [2.05, 4.69) is 0 Å². The lowest BCUT2D eigenvalue weighted by Crippen LogP contribution is -2.44. The van der Waals surface area contributed by atoms with Crippen LogP contribution in [0.3, 0.4) is 0 Å². The van der Waals surface area contributed by atoms with Gasteiger partial charge in [0.1, 0.15) is 5.75 Å². The van der Waals surface area contributed by atoms with Gasteiger partial charge in [-0.1, -0.05) is 60.7 Å². The molecular weight excluding hydrogens is 692 g/mol. The molecule has 14 heteroatoms. The molecule has 1 atom stereocenters. The molecule has 50 heavy (non-hydrogen) atoms. The third-order valence-corrected chi connectivity index (χ3v) is 8.13. The Morgan fingerprint density at radius 1 is 0.520 bits per heavy atom. The third-order valence-electron chi connectivity index (χ3n) is 8.13. The van der Waals surface area contributed by atoms with Gasteiger partial charge in [0.25, 0.3) is 0 Å². The van der Waals surface area contributed by atoms with Gasteiger partial charge < -0.3 is 4.74 Å². The first-order valence-corrected chi connectivity index (χ1v) is 14.3. The third kappa shape index (κ3) is 6.18. The Bertz CT molecular complexity index is 2110. The van der Waals surface area contributed by atoms with Gasteiger partial charge in [-0.2, -0.15) is 52.7 Å². The van der Waals surface area contributed by atoms with E-state index in [0.29, 0.717) is 12.1 Å². The van der Waals surface area contributed by atoms with Crippen molar-refractivity contribution in [1.82, 2.24) is 0 Å². The molecule has 0 saturated carbocycles. The molecule has 0 amide bonds. The fourth-order valence-electron chi connectivity index (χ4n) is 5.90. The molecule has 0 spiro atoms. The summed E-state index contributed by atoms with van der Waals surface area (Å²) in [6, 6.07) is 14.6. The van der Waals surface area contributed by atoms with Crippen molar-refractivity contribution >= 4 is 22.6 Å². The second-order valence-electron chi connectivity index (χ2n) is 11.3. The standard InChI is InChI=1S/C36H18F12O2/c37-33(38,39)23-13-21(14-24(17-23)34(40,41)42)31-27-7-3-1-5-19(27)9-11-29(31)50-32(28-8-4-2-6-20(28)10-12-30(32)49)22-15-25(35(43,44)45)18-26(16-22)36(46,47)48/h1-18H. The van der Waals surface area contributed by atoms with Crippen molar-refractivity contribution in [2.75, 3.05) is 0 Å². The molecule has 0 heterocycles. The van der Waals surface area contributed by atoms with Crippen LogP contribution in [0.2, 0.25) is 0 Å². The quantitative estimate of drug-likeness (QED) is 0.174. The van der Waals surface area contributed by atoms with Crippen LogP contribution in [0.5, 0.6) is 5.75 Å². The number of ketones is 1. The number of ether oxygens (including phenoxy) is 1. The first-order valence-electron chi connectivity index (χ1n) is 14.3. The monoisotopic (exact) mass is 710 g/mol. The van der Waals surface area contributed by atoms with E-state index in [4.69, 9.17) is 4.74 Å². The molecule has 1 aliphatic rings. The minimum atomic E-state index is -5.36. The van der Waals surface area contributed by atoms with Gasteiger partial charge in [0.2, 0.25) is 11.4 Å². The number of carbonyl (C=O) groups excluding carboxylic acids is 1. The lowest BCUT2D eigenvalue weighted by atomic mass is 9.76. The van der Waals surface area contributed by atoms with E-state index >= 15 is 0 Å². The minimum Gasteiger partial charge on any atom is -0.469 e. The molecule has 5 aromatic rings. The molecular formula is C36H18F12O2. The summed E-state index contributed by atoms with van der Waals surface area (Å²) < 4.78 is 175. The Morgan fingerprint density at radius 3 is 1.58 bits per heavy atom. The van der Waals surface area contributed by atoms with Crippen LogP contribution in [0.25, 0.3) is 28.0 Å². The summed E-state index contributed by atoms with van der Waals surface area (Å²) >= 11 is 0. The van der Waals surface area contributed by atoms with Crippen molar-refractivity contribution in [3.05, 3.63) is 142 Å². The molecule has 0 radical (unpaired) electrons. The Hall–Kier alpha value is -5.27. The highest BCUT2D eigenvalue weighted by atomic mass is 19.4. The van der Waals surface area contributed by atoms with Gasteiger partial charge in [-0.3, -0.25) is 4.79 Å². The zero-order valence-corrected chi connectivity index (χ0v) is 24.7. The van der Waals surface area contributed by atoms with Crippen LogP contribution >= 0.6 is 0 Å². The fraction of sp³-hybridized carbons (Fsp3) is 0.139. The molecule has 0 fully saturated rings. The number of halogens is 12. The predicted octanol–water partition coefficient (Wildman–Crippen LogP) is 11.5. The molecule has 0 N–H and O–H groups in total. The largest absolute Gasteiger partial charge is 0.469 e. The second-order valence-corrected chi connectivity index (χ2v) is 11.3. The predicted molar refractivity (Wildman–Crippen MR) is 158 cm³/mol. The Balaban J connectivity index is 1.73. The summed E-state index contributed by atoms with van der Waals surface area (Å²) in [5, 5.41) is 0.267. The molecule has 0 aliphatic heterocycles. The first kappa shape index (κ1) is 34.6. The van der Waals surface area contributed by atoms with Gasteiger partial charge in [0.15, 0.2) is 0 Å². The highest BCUT2D eigenvalue weighted by Gasteiger charge is 2.49. The van der Waals surface area contributed by atoms with Crippen LogP contribution in [0, 0.1) is 0 Å². The van der Waals surface area contributed by atoms with E-state index < -0.39 is 80.8 Å². The summed E-state index contributed by atoms with van der Waals surface area (Å²) in [7, 11) is 0.